The van der Waals surface area contributed by atoms with Crippen molar-refractivity contribution in [2.75, 3.05) is 0 Å². The van der Waals surface area contributed by atoms with Gasteiger partial charge in [0.1, 0.15) is 0 Å². The van der Waals surface area contributed by atoms with Crippen LogP contribution >= 0.6 is 0 Å². The van der Waals surface area contributed by atoms with Crippen LogP contribution in [0.4, 0.5) is 0 Å². The van der Waals surface area contributed by atoms with Crippen LogP contribution in [-0.2, 0) is 21.9 Å². The predicted molar refractivity (Wildman–Crippen MR) is 0.686 cm³/mol. The molecule has 0 aliphatic rings. The van der Waals surface area contributed by atoms with Crippen LogP contribution in [0.5, 0.6) is 0 Å². The van der Waals surface area contributed by atoms with E-state index in [-0.39, 0.29) is 103 Å². The summed E-state index contributed by atoms with van der Waals surface area (Å²) in [6, 6.07) is 0. The second-order valence-corrected chi connectivity index (χ2v) is 1.03. The van der Waals surface area contributed by atoms with Crippen LogP contribution in [0, 0.1) is 0 Å². The van der Waals surface area contributed by atoms with Gasteiger partial charge in [0.15, 0.2) is 0 Å². The molecule has 3 nitrogen and oxygen atoms in total. The van der Waals surface area contributed by atoms with Gasteiger partial charge in [0, 0.05) is 0 Å². The van der Waals surface area contributed by atoms with E-state index in [0.717, 1.165) is 0 Å². The zero-order valence-corrected chi connectivity index (χ0v) is 11.5. The molecule has 0 heterocycles. The van der Waals surface area contributed by atoms with Crippen molar-refractivity contribution in [1.29, 1.82) is 0 Å². The van der Waals surface area contributed by atoms with Gasteiger partial charge in [-0.2, -0.15) is 0 Å². The van der Waals surface area contributed by atoms with E-state index in [1.54, 1.807) is 0 Å². The second-order valence-electron chi connectivity index (χ2n) is 0.250. The zero-order valence-electron chi connectivity index (χ0n) is 3.72. The molecule has 6 heteroatoms. The zero-order chi connectivity index (χ0) is 3.58. The molecule has 0 unspecified atom stereocenters. The molecule has 0 rings (SSSR count). The van der Waals surface area contributed by atoms with Crippen LogP contribution < -0.4 is 110 Å². The standard InChI is InChI=1S/2K.3O.Ti/q2*+1;;2*-1;. The van der Waals surface area contributed by atoms with Gasteiger partial charge >= 0.3 is 132 Å². The van der Waals surface area contributed by atoms with Crippen molar-refractivity contribution in [1.82, 2.24) is 0 Å². The molecular weight excluding hydrogens is 174 g/mol. The van der Waals surface area contributed by atoms with Crippen LogP contribution in [0.3, 0.4) is 0 Å². The van der Waals surface area contributed by atoms with Crippen molar-refractivity contribution in [3.05, 3.63) is 0 Å². The summed E-state index contributed by atoms with van der Waals surface area (Å²) < 4.78 is 25.8. The topological polar surface area (TPSA) is 63.2 Å². The van der Waals surface area contributed by atoms with Crippen molar-refractivity contribution in [2.24, 2.45) is 0 Å². The Hall–Kier alpha value is 3.71. The van der Waals surface area contributed by atoms with Gasteiger partial charge in [-0.25, -0.2) is 0 Å². The van der Waals surface area contributed by atoms with Gasteiger partial charge in [-0.1, -0.05) is 0 Å². The summed E-state index contributed by atoms with van der Waals surface area (Å²) in [6.45, 7) is 0. The van der Waals surface area contributed by atoms with Crippen molar-refractivity contribution < 1.29 is 132 Å². The van der Waals surface area contributed by atoms with E-state index < -0.39 is 18.6 Å². The van der Waals surface area contributed by atoms with Crippen molar-refractivity contribution in [3.63, 3.8) is 0 Å². The Morgan fingerprint density at radius 3 is 1.17 bits per heavy atom. The van der Waals surface area contributed by atoms with E-state index in [4.69, 9.17) is 10.7 Å². The molecule has 0 aliphatic heterocycles. The first-order chi connectivity index (χ1) is 1.73. The van der Waals surface area contributed by atoms with Crippen molar-refractivity contribution in [2.45, 2.75) is 0 Å². The van der Waals surface area contributed by atoms with Crippen LogP contribution in [0.25, 0.3) is 0 Å². The van der Waals surface area contributed by atoms with E-state index in [0.29, 0.717) is 0 Å². The van der Waals surface area contributed by atoms with E-state index >= 15 is 0 Å². The molecule has 0 bridgehead atoms. The van der Waals surface area contributed by atoms with Crippen LogP contribution in [-0.4, -0.2) is 0 Å². The summed E-state index contributed by atoms with van der Waals surface area (Å²) in [4.78, 5) is 0. The Morgan fingerprint density at radius 1 is 1.17 bits per heavy atom. The third-order valence-electron chi connectivity index (χ3n) is 0. The molecule has 0 aromatic heterocycles. The molecule has 0 N–H and O–H groups in total. The number of hydrogen-bond acceptors (Lipinski definition) is 3. The average Bonchev–Trinajstić information content (AvgIpc) is 0.811. The normalized spacial score (nSPS) is 4.33. The van der Waals surface area contributed by atoms with E-state index in [2.05, 4.69) is 0 Å². The van der Waals surface area contributed by atoms with Crippen LogP contribution in [0.2, 0.25) is 0 Å². The Bertz CT molecular complexity index is 31.8. The average molecular weight is 174 g/mol. The Morgan fingerprint density at radius 2 is 1.17 bits per heavy atom. The minimum atomic E-state index is -4.08. The summed E-state index contributed by atoms with van der Waals surface area (Å²) in [5, 5.41) is 0. The summed E-state index contributed by atoms with van der Waals surface area (Å²) in [7, 11) is 0. The fourth-order valence-electron chi connectivity index (χ4n) is 0. The molecule has 0 amide bonds. The van der Waals surface area contributed by atoms with Gasteiger partial charge in [0.25, 0.3) is 0 Å². The molecule has 0 aliphatic carbocycles. The monoisotopic (exact) mass is 174 g/mol. The Labute approximate surface area is 128 Å². The molecule has 0 atom stereocenters. The van der Waals surface area contributed by atoms with Gasteiger partial charge in [-0.05, 0) is 0 Å². The molecule has 6 heavy (non-hydrogen) atoms. The van der Waals surface area contributed by atoms with E-state index in [9.17, 15) is 0 Å². The number of rotatable bonds is 0. The summed E-state index contributed by atoms with van der Waals surface area (Å²) >= 11 is -4.08. The molecule has 0 spiro atoms. The third kappa shape index (κ3) is 25.2. The molecule has 0 saturated carbocycles. The quantitative estimate of drug-likeness (QED) is 0.342. The van der Waals surface area contributed by atoms with Gasteiger partial charge in [0.05, 0.1) is 0 Å². The molecule has 0 radical (unpaired) electrons. The molecule has 0 saturated heterocycles. The molecule has 0 aromatic rings. The van der Waals surface area contributed by atoms with Crippen LogP contribution in [0.1, 0.15) is 0 Å². The third-order valence-corrected chi connectivity index (χ3v) is 0. The van der Waals surface area contributed by atoms with Gasteiger partial charge in [-0.3, -0.25) is 0 Å². The summed E-state index contributed by atoms with van der Waals surface area (Å²) in [5.41, 5.74) is 0. The Kier molecular flexibility index (Phi) is 31.3. The van der Waals surface area contributed by atoms with Gasteiger partial charge < -0.3 is 0 Å². The first-order valence-electron chi connectivity index (χ1n) is 0.612. The molecular formula is K2O3Ti. The summed E-state index contributed by atoms with van der Waals surface area (Å²) in [5.74, 6) is 0. The van der Waals surface area contributed by atoms with Crippen molar-refractivity contribution >= 4 is 0 Å². The van der Waals surface area contributed by atoms with E-state index in [1.165, 1.54) is 0 Å². The van der Waals surface area contributed by atoms with Crippen LogP contribution in [0.15, 0.2) is 0 Å². The first kappa shape index (κ1) is 16.4. The SMILES string of the molecule is [K+].[K+].[O]=[Ti]([O-])[O-]. The van der Waals surface area contributed by atoms with Gasteiger partial charge in [-0.15, -0.1) is 0 Å². The molecule has 0 aromatic carbocycles. The van der Waals surface area contributed by atoms with Gasteiger partial charge in [0.2, 0.25) is 0 Å². The summed E-state index contributed by atoms with van der Waals surface area (Å²) in [6.07, 6.45) is 0. The maximum atomic E-state index is 8.58. The van der Waals surface area contributed by atoms with Crippen molar-refractivity contribution in [3.8, 4) is 0 Å². The number of hydrogen-bond donors (Lipinski definition) is 0. The molecule has 0 fully saturated rings. The maximum absolute atomic E-state index is 8.58. The first-order valence-corrected chi connectivity index (χ1v) is 2.52. The fourth-order valence-corrected chi connectivity index (χ4v) is 0. The fraction of sp³-hybridized carbons (Fsp3) is 0. The minimum absolute atomic E-state index is 0. The Balaban J connectivity index is -0.0000000450. The molecule has 24 valence electrons. The predicted octanol–water partition coefficient (Wildman–Crippen LogP) is -8.49. The van der Waals surface area contributed by atoms with E-state index in [1.807, 2.05) is 0 Å². The second kappa shape index (κ2) is 11.5.